The molecule has 0 aliphatic rings. The number of fused-ring (bicyclic) bond motifs is 1. The molecule has 3 aromatic rings. The number of para-hydroxylation sites is 2. The zero-order valence-corrected chi connectivity index (χ0v) is 16.5. The number of nitrogens with one attached hydrogen (secondary N) is 2. The molecule has 2 aromatic heterocycles. The lowest BCUT2D eigenvalue weighted by molar-refractivity contribution is -0.143. The van der Waals surface area contributed by atoms with Crippen LogP contribution in [0, 0.1) is 12.8 Å². The molecule has 1 amide bonds. The Morgan fingerprint density at radius 1 is 1.29 bits per heavy atom. The fourth-order valence-corrected chi connectivity index (χ4v) is 3.18. The van der Waals surface area contributed by atoms with Crippen LogP contribution >= 0.6 is 0 Å². The number of amides is 1. The second kappa shape index (κ2) is 8.24. The van der Waals surface area contributed by atoms with E-state index in [0.29, 0.717) is 13.0 Å². The third kappa shape index (κ3) is 4.21. The summed E-state index contributed by atoms with van der Waals surface area (Å²) in [4.78, 5) is 29.0. The van der Waals surface area contributed by atoms with Gasteiger partial charge in [-0.15, -0.1) is 0 Å². The first kappa shape index (κ1) is 19.6. The number of imidazole rings is 1. The second-order valence-electron chi connectivity index (χ2n) is 7.19. The van der Waals surface area contributed by atoms with E-state index in [9.17, 15) is 9.59 Å². The van der Waals surface area contributed by atoms with Gasteiger partial charge in [0, 0.05) is 0 Å². The van der Waals surface area contributed by atoms with E-state index in [1.54, 1.807) is 6.07 Å². The summed E-state index contributed by atoms with van der Waals surface area (Å²) in [5, 5.41) is 9.71. The quantitative estimate of drug-likeness (QED) is 0.610. The molecule has 8 heteroatoms. The van der Waals surface area contributed by atoms with E-state index in [1.807, 2.05) is 45.0 Å². The van der Waals surface area contributed by atoms with Gasteiger partial charge in [-0.2, -0.15) is 5.10 Å². The molecule has 0 radical (unpaired) electrons. The Hall–Kier alpha value is -3.16. The third-order valence-electron chi connectivity index (χ3n) is 4.54. The van der Waals surface area contributed by atoms with E-state index in [0.717, 1.165) is 22.6 Å². The van der Waals surface area contributed by atoms with Crippen molar-refractivity contribution in [2.75, 3.05) is 7.11 Å². The first-order chi connectivity index (χ1) is 13.4. The Morgan fingerprint density at radius 3 is 2.75 bits per heavy atom. The van der Waals surface area contributed by atoms with Gasteiger partial charge in [0.1, 0.15) is 17.6 Å². The van der Waals surface area contributed by atoms with Crippen LogP contribution in [0.15, 0.2) is 30.3 Å². The lowest BCUT2D eigenvalue weighted by Crippen LogP contribution is -2.42. The molecule has 0 saturated carbocycles. The minimum absolute atomic E-state index is 0.231. The molecule has 2 heterocycles. The molecule has 0 spiro atoms. The first-order valence-electron chi connectivity index (χ1n) is 9.24. The molecular formula is C20H25N5O3. The van der Waals surface area contributed by atoms with Gasteiger partial charge in [-0.05, 0) is 37.5 Å². The van der Waals surface area contributed by atoms with Crippen molar-refractivity contribution in [2.45, 2.75) is 39.8 Å². The van der Waals surface area contributed by atoms with Crippen molar-refractivity contribution in [3.05, 3.63) is 47.5 Å². The number of carbonyl (C=O) groups is 2. The predicted octanol–water partition coefficient (Wildman–Crippen LogP) is 2.43. The molecule has 1 atom stereocenters. The number of esters is 1. The van der Waals surface area contributed by atoms with Gasteiger partial charge in [0.2, 0.25) is 0 Å². The Balaban J connectivity index is 1.75. The van der Waals surface area contributed by atoms with Crippen molar-refractivity contribution in [1.82, 2.24) is 25.1 Å². The standard InChI is InChI=1S/C20H25N5O3/c1-12(2)9-17(20(27)28-4)22-19(26)16-10-14(23-24-16)11-25-13(3)21-15-7-5-6-8-18(15)25/h5-8,10,12,17H,9,11H2,1-4H3,(H,22,26)(H,23,24)/t17-/m0/s1. The number of carbonyl (C=O) groups excluding carboxylic acids is 2. The summed E-state index contributed by atoms with van der Waals surface area (Å²) in [6.45, 7) is 6.41. The molecule has 2 N–H and O–H groups in total. The van der Waals surface area contributed by atoms with Crippen LogP contribution in [0.25, 0.3) is 11.0 Å². The summed E-state index contributed by atoms with van der Waals surface area (Å²) in [5.41, 5.74) is 2.94. The number of benzene rings is 1. The summed E-state index contributed by atoms with van der Waals surface area (Å²) < 4.78 is 6.84. The molecule has 0 saturated heterocycles. The largest absolute Gasteiger partial charge is 0.467 e. The molecule has 28 heavy (non-hydrogen) atoms. The average molecular weight is 383 g/mol. The Kier molecular flexibility index (Phi) is 5.77. The Morgan fingerprint density at radius 2 is 2.04 bits per heavy atom. The van der Waals surface area contributed by atoms with Gasteiger partial charge in [-0.1, -0.05) is 26.0 Å². The van der Waals surface area contributed by atoms with E-state index in [1.165, 1.54) is 7.11 Å². The summed E-state index contributed by atoms with van der Waals surface area (Å²) in [6, 6.07) is 8.88. The van der Waals surface area contributed by atoms with Crippen LogP contribution in [0.2, 0.25) is 0 Å². The normalized spacial score (nSPS) is 12.3. The van der Waals surface area contributed by atoms with Gasteiger partial charge in [-0.3, -0.25) is 9.89 Å². The van der Waals surface area contributed by atoms with Gasteiger partial charge >= 0.3 is 5.97 Å². The molecule has 0 fully saturated rings. The summed E-state index contributed by atoms with van der Waals surface area (Å²) in [7, 11) is 1.31. The monoisotopic (exact) mass is 383 g/mol. The number of ether oxygens (including phenoxy) is 1. The van der Waals surface area contributed by atoms with Crippen molar-refractivity contribution in [1.29, 1.82) is 0 Å². The van der Waals surface area contributed by atoms with E-state index in [-0.39, 0.29) is 11.6 Å². The fraction of sp³-hybridized carbons (Fsp3) is 0.400. The van der Waals surface area contributed by atoms with E-state index in [4.69, 9.17) is 4.74 Å². The van der Waals surface area contributed by atoms with Crippen molar-refractivity contribution < 1.29 is 14.3 Å². The highest BCUT2D eigenvalue weighted by molar-refractivity contribution is 5.95. The van der Waals surface area contributed by atoms with Gasteiger partial charge in [0.05, 0.1) is 30.4 Å². The molecule has 0 aliphatic carbocycles. The van der Waals surface area contributed by atoms with Gasteiger partial charge in [-0.25, -0.2) is 9.78 Å². The number of hydrogen-bond donors (Lipinski definition) is 2. The maximum absolute atomic E-state index is 12.5. The number of rotatable bonds is 7. The van der Waals surface area contributed by atoms with E-state index >= 15 is 0 Å². The van der Waals surface area contributed by atoms with Gasteiger partial charge in [0.15, 0.2) is 0 Å². The number of nitrogens with zero attached hydrogens (tertiary/aromatic N) is 3. The predicted molar refractivity (Wildman–Crippen MR) is 105 cm³/mol. The lowest BCUT2D eigenvalue weighted by Gasteiger charge is -2.17. The molecule has 0 unspecified atom stereocenters. The lowest BCUT2D eigenvalue weighted by atomic mass is 10.0. The second-order valence-corrected chi connectivity index (χ2v) is 7.19. The van der Waals surface area contributed by atoms with Crippen LogP contribution in [-0.4, -0.2) is 44.8 Å². The highest BCUT2D eigenvalue weighted by Crippen LogP contribution is 2.17. The highest BCUT2D eigenvalue weighted by Gasteiger charge is 2.24. The Bertz CT molecular complexity index is 989. The number of methoxy groups -OCH3 is 1. The Labute approximate surface area is 163 Å². The zero-order chi connectivity index (χ0) is 20.3. The maximum Gasteiger partial charge on any atom is 0.328 e. The molecule has 1 aromatic carbocycles. The average Bonchev–Trinajstić information content (AvgIpc) is 3.25. The number of hydrogen-bond acceptors (Lipinski definition) is 5. The highest BCUT2D eigenvalue weighted by atomic mass is 16.5. The first-order valence-corrected chi connectivity index (χ1v) is 9.24. The summed E-state index contributed by atoms with van der Waals surface area (Å²) in [6.07, 6.45) is 0.496. The van der Waals surface area contributed by atoms with Crippen LogP contribution in [0.3, 0.4) is 0 Å². The molecule has 0 aliphatic heterocycles. The number of aromatic amines is 1. The number of aryl methyl sites for hydroxylation is 1. The number of aromatic nitrogens is 4. The minimum atomic E-state index is -0.697. The third-order valence-corrected chi connectivity index (χ3v) is 4.54. The molecule has 148 valence electrons. The van der Waals surface area contributed by atoms with Crippen LogP contribution < -0.4 is 5.32 Å². The van der Waals surface area contributed by atoms with Crippen LogP contribution in [0.5, 0.6) is 0 Å². The zero-order valence-electron chi connectivity index (χ0n) is 16.5. The summed E-state index contributed by atoms with van der Waals surface area (Å²) >= 11 is 0. The molecule has 8 nitrogen and oxygen atoms in total. The van der Waals surface area contributed by atoms with Crippen molar-refractivity contribution >= 4 is 22.9 Å². The molecule has 0 bridgehead atoms. The van der Waals surface area contributed by atoms with Gasteiger partial charge < -0.3 is 14.6 Å². The molecule has 3 rings (SSSR count). The number of H-pyrrole nitrogens is 1. The van der Waals surface area contributed by atoms with Crippen molar-refractivity contribution in [3.63, 3.8) is 0 Å². The topological polar surface area (TPSA) is 102 Å². The van der Waals surface area contributed by atoms with Crippen LogP contribution in [0.1, 0.15) is 42.3 Å². The van der Waals surface area contributed by atoms with Crippen molar-refractivity contribution in [3.8, 4) is 0 Å². The van der Waals surface area contributed by atoms with Crippen molar-refractivity contribution in [2.24, 2.45) is 5.92 Å². The van der Waals surface area contributed by atoms with E-state index < -0.39 is 17.9 Å². The van der Waals surface area contributed by atoms with E-state index in [2.05, 4.69) is 25.1 Å². The molecular weight excluding hydrogens is 358 g/mol. The fourth-order valence-electron chi connectivity index (χ4n) is 3.18. The van der Waals surface area contributed by atoms with Crippen LogP contribution in [0.4, 0.5) is 0 Å². The smallest absolute Gasteiger partial charge is 0.328 e. The minimum Gasteiger partial charge on any atom is -0.467 e. The van der Waals surface area contributed by atoms with Crippen LogP contribution in [-0.2, 0) is 16.1 Å². The summed E-state index contributed by atoms with van der Waals surface area (Å²) in [5.74, 6) is 0.241. The SMILES string of the molecule is COC(=O)[C@H](CC(C)C)NC(=O)c1cc(Cn2c(C)nc3ccccc32)[nH]n1. The van der Waals surface area contributed by atoms with Gasteiger partial charge in [0.25, 0.3) is 5.91 Å². The maximum atomic E-state index is 12.5.